The topological polar surface area (TPSA) is 34.0 Å². The fourth-order valence-corrected chi connectivity index (χ4v) is 4.86. The normalized spacial score (nSPS) is 14.8. The molecule has 5 rings (SSSR count). The molecule has 3 nitrogen and oxygen atoms in total. The van der Waals surface area contributed by atoms with E-state index >= 15 is 0 Å². The first-order valence-electron chi connectivity index (χ1n) is 10.2. The van der Waals surface area contributed by atoms with Gasteiger partial charge < -0.3 is 9.88 Å². The lowest BCUT2D eigenvalue weighted by molar-refractivity contribution is -0.121. The van der Waals surface area contributed by atoms with Gasteiger partial charge in [-0.3, -0.25) is 4.79 Å². The first-order chi connectivity index (χ1) is 14.3. The third kappa shape index (κ3) is 3.99. The van der Waals surface area contributed by atoms with Crippen molar-refractivity contribution in [1.29, 1.82) is 0 Å². The zero-order chi connectivity index (χ0) is 19.6. The molecule has 2 aromatic heterocycles. The molecule has 1 atom stereocenters. The lowest BCUT2D eigenvalue weighted by Gasteiger charge is -2.15. The fraction of sp³-hybridized carbons (Fsp3) is 0.240. The summed E-state index contributed by atoms with van der Waals surface area (Å²) in [5.41, 5.74) is 3.74. The van der Waals surface area contributed by atoms with Crippen LogP contribution in [0.15, 0.2) is 78.3 Å². The van der Waals surface area contributed by atoms with Crippen LogP contribution in [-0.2, 0) is 11.3 Å². The molecule has 0 aliphatic heterocycles. The molecule has 1 N–H and O–H groups in total. The van der Waals surface area contributed by atoms with Crippen LogP contribution < -0.4 is 5.32 Å². The molecule has 0 spiro atoms. The van der Waals surface area contributed by atoms with Gasteiger partial charge in [-0.1, -0.05) is 54.6 Å². The number of thiophene rings is 1. The molecule has 0 saturated heterocycles. The molecule has 1 saturated carbocycles. The summed E-state index contributed by atoms with van der Waals surface area (Å²) in [6.07, 6.45) is 4.99. The number of carbonyl (C=O) groups excluding carboxylic acids is 1. The summed E-state index contributed by atoms with van der Waals surface area (Å²) in [7, 11) is 0. The van der Waals surface area contributed by atoms with Crippen LogP contribution in [0.3, 0.4) is 0 Å². The van der Waals surface area contributed by atoms with Gasteiger partial charge in [0, 0.05) is 46.9 Å². The first-order valence-corrected chi connectivity index (χ1v) is 11.1. The van der Waals surface area contributed by atoms with E-state index in [1.54, 1.807) is 11.3 Å². The SMILES string of the molecule is O=C(CC(c1cccs1)c1cn(Cc2ccccc2)c2ccccc12)NC1CC1. The molecule has 1 aliphatic carbocycles. The van der Waals surface area contributed by atoms with Crippen LogP contribution in [0.5, 0.6) is 0 Å². The molecule has 2 heterocycles. The predicted octanol–water partition coefficient (Wildman–Crippen LogP) is 5.55. The molecule has 1 fully saturated rings. The number of fused-ring (bicyclic) bond motifs is 1. The largest absolute Gasteiger partial charge is 0.353 e. The number of hydrogen-bond acceptors (Lipinski definition) is 2. The van der Waals surface area contributed by atoms with Crippen molar-refractivity contribution in [3.05, 3.63) is 94.3 Å². The van der Waals surface area contributed by atoms with E-state index in [0.29, 0.717) is 12.5 Å². The summed E-state index contributed by atoms with van der Waals surface area (Å²) >= 11 is 1.73. The maximum atomic E-state index is 12.7. The van der Waals surface area contributed by atoms with Crippen LogP contribution >= 0.6 is 11.3 Å². The molecule has 29 heavy (non-hydrogen) atoms. The van der Waals surface area contributed by atoms with Gasteiger partial charge in [0.25, 0.3) is 0 Å². The van der Waals surface area contributed by atoms with E-state index in [1.165, 1.54) is 26.9 Å². The Labute approximate surface area is 175 Å². The number of nitrogens with one attached hydrogen (secondary N) is 1. The average Bonchev–Trinajstić information content (AvgIpc) is 3.26. The molecular formula is C25H24N2OS. The highest BCUT2D eigenvalue weighted by Crippen LogP contribution is 2.37. The van der Waals surface area contributed by atoms with Crippen molar-refractivity contribution in [1.82, 2.24) is 9.88 Å². The summed E-state index contributed by atoms with van der Waals surface area (Å²) in [5, 5.41) is 6.51. The highest BCUT2D eigenvalue weighted by atomic mass is 32.1. The maximum absolute atomic E-state index is 12.7. The number of para-hydroxylation sites is 1. The van der Waals surface area contributed by atoms with Gasteiger partial charge in [-0.05, 0) is 41.5 Å². The zero-order valence-electron chi connectivity index (χ0n) is 16.3. The molecule has 1 aliphatic rings. The lowest BCUT2D eigenvalue weighted by atomic mass is 9.93. The summed E-state index contributed by atoms with van der Waals surface area (Å²) in [6.45, 7) is 0.826. The van der Waals surface area contributed by atoms with Crippen LogP contribution in [0.1, 0.15) is 41.2 Å². The first kappa shape index (κ1) is 18.2. The second-order valence-corrected chi connectivity index (χ2v) is 8.81. The lowest BCUT2D eigenvalue weighted by Crippen LogP contribution is -2.27. The monoisotopic (exact) mass is 400 g/mol. The molecular weight excluding hydrogens is 376 g/mol. The van der Waals surface area contributed by atoms with Gasteiger partial charge in [0.2, 0.25) is 5.91 Å². The molecule has 4 heteroatoms. The van der Waals surface area contributed by atoms with Gasteiger partial charge in [-0.15, -0.1) is 11.3 Å². The van der Waals surface area contributed by atoms with Crippen molar-refractivity contribution >= 4 is 28.1 Å². The van der Waals surface area contributed by atoms with Gasteiger partial charge in [0.15, 0.2) is 0 Å². The van der Waals surface area contributed by atoms with Crippen LogP contribution in [0.25, 0.3) is 10.9 Å². The van der Waals surface area contributed by atoms with E-state index in [4.69, 9.17) is 0 Å². The molecule has 0 bridgehead atoms. The molecule has 2 aromatic carbocycles. The van der Waals surface area contributed by atoms with Crippen LogP contribution in [0.4, 0.5) is 0 Å². The van der Waals surface area contributed by atoms with Crippen molar-refractivity contribution < 1.29 is 4.79 Å². The Morgan fingerprint density at radius 2 is 1.83 bits per heavy atom. The second-order valence-electron chi connectivity index (χ2n) is 7.83. The minimum Gasteiger partial charge on any atom is -0.353 e. The molecule has 146 valence electrons. The number of benzene rings is 2. The Morgan fingerprint density at radius 3 is 2.59 bits per heavy atom. The highest BCUT2D eigenvalue weighted by molar-refractivity contribution is 7.10. The summed E-state index contributed by atoms with van der Waals surface area (Å²) in [6, 6.07) is 23.7. The van der Waals surface area contributed by atoms with Gasteiger partial charge in [-0.2, -0.15) is 0 Å². The van der Waals surface area contributed by atoms with Crippen molar-refractivity contribution in [2.75, 3.05) is 0 Å². The Balaban J connectivity index is 1.54. The van der Waals surface area contributed by atoms with Crippen LogP contribution in [0, 0.1) is 0 Å². The Kier molecular flexibility index (Phi) is 4.94. The Morgan fingerprint density at radius 1 is 1.03 bits per heavy atom. The van der Waals surface area contributed by atoms with Crippen molar-refractivity contribution in [3.63, 3.8) is 0 Å². The summed E-state index contributed by atoms with van der Waals surface area (Å²) in [4.78, 5) is 13.9. The third-order valence-corrected chi connectivity index (χ3v) is 6.60. The maximum Gasteiger partial charge on any atom is 0.221 e. The number of amides is 1. The van der Waals surface area contributed by atoms with Crippen LogP contribution in [-0.4, -0.2) is 16.5 Å². The molecule has 4 aromatic rings. The van der Waals surface area contributed by atoms with E-state index in [1.807, 2.05) is 6.07 Å². The van der Waals surface area contributed by atoms with Gasteiger partial charge in [0.05, 0.1) is 0 Å². The minimum absolute atomic E-state index is 0.0793. The van der Waals surface area contributed by atoms with Gasteiger partial charge >= 0.3 is 0 Å². The predicted molar refractivity (Wildman–Crippen MR) is 119 cm³/mol. The quantitative estimate of drug-likeness (QED) is 0.433. The van der Waals surface area contributed by atoms with Crippen LogP contribution in [0.2, 0.25) is 0 Å². The van der Waals surface area contributed by atoms with Crippen molar-refractivity contribution in [3.8, 4) is 0 Å². The molecule has 0 radical (unpaired) electrons. The number of nitrogens with zero attached hydrogens (tertiary/aromatic N) is 1. The van der Waals surface area contributed by atoms with E-state index < -0.39 is 0 Å². The second kappa shape index (κ2) is 7.88. The molecule has 1 unspecified atom stereocenters. The number of carbonyl (C=O) groups is 1. The minimum atomic E-state index is 0.0793. The third-order valence-electron chi connectivity index (χ3n) is 5.61. The zero-order valence-corrected chi connectivity index (χ0v) is 17.1. The van der Waals surface area contributed by atoms with E-state index in [-0.39, 0.29) is 11.8 Å². The van der Waals surface area contributed by atoms with E-state index in [9.17, 15) is 4.79 Å². The molecule has 1 amide bonds. The van der Waals surface area contributed by atoms with Crippen molar-refractivity contribution in [2.24, 2.45) is 0 Å². The van der Waals surface area contributed by atoms with Gasteiger partial charge in [0.1, 0.15) is 0 Å². The fourth-order valence-electron chi connectivity index (χ4n) is 4.02. The standard InChI is InChI=1S/C25H24N2OS/c28-25(26-19-12-13-19)15-21(24-11-6-14-29-24)22-17-27(16-18-7-2-1-3-8-18)23-10-5-4-9-20(22)23/h1-11,14,17,19,21H,12-13,15-16H2,(H,26,28). The summed E-state index contributed by atoms with van der Waals surface area (Å²) in [5.74, 6) is 0.237. The Bertz CT molecular complexity index is 1110. The average molecular weight is 401 g/mol. The number of hydrogen-bond donors (Lipinski definition) is 1. The Hall–Kier alpha value is -2.85. The number of aromatic nitrogens is 1. The number of rotatable bonds is 7. The van der Waals surface area contributed by atoms with Crippen molar-refractivity contribution in [2.45, 2.75) is 37.8 Å². The van der Waals surface area contributed by atoms with E-state index in [0.717, 1.165) is 19.4 Å². The summed E-state index contributed by atoms with van der Waals surface area (Å²) < 4.78 is 2.32. The van der Waals surface area contributed by atoms with Gasteiger partial charge in [-0.25, -0.2) is 0 Å². The van der Waals surface area contributed by atoms with E-state index in [2.05, 4.69) is 82.1 Å². The highest BCUT2D eigenvalue weighted by Gasteiger charge is 2.27. The smallest absolute Gasteiger partial charge is 0.221 e.